The molecule has 0 bridgehead atoms. The van der Waals surface area contributed by atoms with Crippen molar-refractivity contribution in [2.24, 2.45) is 0 Å². The van der Waals surface area contributed by atoms with Gasteiger partial charge in [0.1, 0.15) is 0 Å². The van der Waals surface area contributed by atoms with Gasteiger partial charge in [0.2, 0.25) is 15.9 Å². The zero-order valence-corrected chi connectivity index (χ0v) is 15.8. The number of hydrogen-bond acceptors (Lipinski definition) is 4. The number of nitrogens with one attached hydrogen (secondary N) is 2. The van der Waals surface area contributed by atoms with E-state index in [1.165, 1.54) is 27.1 Å². The van der Waals surface area contributed by atoms with Crippen LogP contribution in [0.1, 0.15) is 22.8 Å². The van der Waals surface area contributed by atoms with E-state index in [-0.39, 0.29) is 16.4 Å². The van der Waals surface area contributed by atoms with Crippen molar-refractivity contribution >= 4 is 33.2 Å². The zero-order valence-electron chi connectivity index (χ0n) is 15.0. The van der Waals surface area contributed by atoms with Gasteiger partial charge in [0, 0.05) is 38.0 Å². The molecule has 2 rings (SSSR count). The molecular weight excluding hydrogens is 354 g/mol. The van der Waals surface area contributed by atoms with Crippen molar-refractivity contribution in [2.75, 3.05) is 24.7 Å². The summed E-state index contributed by atoms with van der Waals surface area (Å²) in [6.07, 6.45) is 0. The van der Waals surface area contributed by atoms with Crippen LogP contribution in [0, 0.1) is 6.92 Å². The summed E-state index contributed by atoms with van der Waals surface area (Å²) in [5.41, 5.74) is 1.82. The van der Waals surface area contributed by atoms with Crippen LogP contribution in [0.3, 0.4) is 0 Å². The molecule has 0 aliphatic rings. The van der Waals surface area contributed by atoms with Crippen LogP contribution in [0.25, 0.3) is 0 Å². The number of sulfonamides is 1. The summed E-state index contributed by atoms with van der Waals surface area (Å²) in [7, 11) is -0.772. The van der Waals surface area contributed by atoms with E-state index in [1.807, 2.05) is 0 Å². The Morgan fingerprint density at radius 3 is 2.15 bits per heavy atom. The van der Waals surface area contributed by atoms with E-state index in [2.05, 4.69) is 10.6 Å². The molecule has 2 N–H and O–H groups in total. The lowest BCUT2D eigenvalue weighted by Crippen LogP contribution is -2.23. The first-order chi connectivity index (χ1) is 12.1. The van der Waals surface area contributed by atoms with E-state index < -0.39 is 15.9 Å². The Bertz CT molecular complexity index is 953. The highest BCUT2D eigenvalue weighted by atomic mass is 32.2. The molecule has 2 amide bonds. The fourth-order valence-electron chi connectivity index (χ4n) is 2.30. The summed E-state index contributed by atoms with van der Waals surface area (Å²) in [5, 5.41) is 5.33. The molecule has 8 heteroatoms. The molecule has 0 unspecified atom stereocenters. The van der Waals surface area contributed by atoms with Crippen molar-refractivity contribution in [3.63, 3.8) is 0 Å². The van der Waals surface area contributed by atoms with Gasteiger partial charge in [-0.1, -0.05) is 12.1 Å². The van der Waals surface area contributed by atoms with Gasteiger partial charge in [-0.15, -0.1) is 0 Å². The number of carbonyl (C=O) groups is 2. The van der Waals surface area contributed by atoms with Gasteiger partial charge in [-0.2, -0.15) is 0 Å². The number of carbonyl (C=O) groups excluding carboxylic acids is 2. The number of nitrogens with zero attached hydrogens (tertiary/aromatic N) is 1. The predicted octanol–water partition coefficient (Wildman–Crippen LogP) is 2.46. The number of rotatable bonds is 5. The summed E-state index contributed by atoms with van der Waals surface area (Å²) >= 11 is 0. The van der Waals surface area contributed by atoms with Gasteiger partial charge >= 0.3 is 0 Å². The molecule has 0 atom stereocenters. The Labute approximate surface area is 153 Å². The number of aryl methyl sites for hydroxylation is 1. The van der Waals surface area contributed by atoms with Crippen molar-refractivity contribution < 1.29 is 18.0 Å². The molecule has 2 aromatic carbocycles. The lowest BCUT2D eigenvalue weighted by molar-refractivity contribution is -0.114. The Kier molecular flexibility index (Phi) is 5.79. The van der Waals surface area contributed by atoms with Gasteiger partial charge in [0.25, 0.3) is 5.91 Å². The molecule has 0 heterocycles. The second-order valence-corrected chi connectivity index (χ2v) is 8.10. The van der Waals surface area contributed by atoms with E-state index in [1.54, 1.807) is 43.3 Å². The molecule has 0 spiro atoms. The molecule has 0 saturated heterocycles. The predicted molar refractivity (Wildman–Crippen MR) is 101 cm³/mol. The minimum atomic E-state index is -3.65. The smallest absolute Gasteiger partial charge is 0.255 e. The number of benzene rings is 2. The summed E-state index contributed by atoms with van der Waals surface area (Å²) in [6, 6.07) is 11.2. The van der Waals surface area contributed by atoms with Crippen LogP contribution in [0.2, 0.25) is 0 Å². The SMILES string of the molecule is CC(=O)Nc1cccc(NC(=O)c2ccc(C)c(S(=O)(=O)N(C)C)c2)c1. The van der Waals surface area contributed by atoms with Crippen molar-refractivity contribution in [1.29, 1.82) is 0 Å². The minimum absolute atomic E-state index is 0.0853. The number of anilines is 2. The van der Waals surface area contributed by atoms with Crippen molar-refractivity contribution in [3.8, 4) is 0 Å². The first kappa shape index (κ1) is 19.6. The summed E-state index contributed by atoms with van der Waals surface area (Å²) in [6.45, 7) is 3.07. The normalized spacial score (nSPS) is 11.3. The largest absolute Gasteiger partial charge is 0.326 e. The van der Waals surface area contributed by atoms with E-state index in [0.29, 0.717) is 16.9 Å². The van der Waals surface area contributed by atoms with Crippen LogP contribution < -0.4 is 10.6 Å². The van der Waals surface area contributed by atoms with Crippen LogP contribution >= 0.6 is 0 Å². The quantitative estimate of drug-likeness (QED) is 0.839. The lowest BCUT2D eigenvalue weighted by Gasteiger charge is -2.15. The average Bonchev–Trinajstić information content (AvgIpc) is 2.54. The van der Waals surface area contributed by atoms with Crippen LogP contribution in [-0.2, 0) is 14.8 Å². The van der Waals surface area contributed by atoms with E-state index in [9.17, 15) is 18.0 Å². The Morgan fingerprint density at radius 2 is 1.58 bits per heavy atom. The fraction of sp³-hybridized carbons (Fsp3) is 0.222. The van der Waals surface area contributed by atoms with Gasteiger partial charge in [-0.3, -0.25) is 9.59 Å². The van der Waals surface area contributed by atoms with Crippen LogP contribution in [0.4, 0.5) is 11.4 Å². The first-order valence-electron chi connectivity index (χ1n) is 7.83. The molecule has 0 aliphatic heterocycles. The summed E-state index contributed by atoms with van der Waals surface area (Å²) < 4.78 is 25.9. The molecule has 7 nitrogen and oxygen atoms in total. The summed E-state index contributed by atoms with van der Waals surface area (Å²) in [4.78, 5) is 23.7. The lowest BCUT2D eigenvalue weighted by atomic mass is 10.1. The highest BCUT2D eigenvalue weighted by molar-refractivity contribution is 7.89. The van der Waals surface area contributed by atoms with E-state index in [0.717, 1.165) is 4.31 Å². The highest BCUT2D eigenvalue weighted by Crippen LogP contribution is 2.21. The van der Waals surface area contributed by atoms with Gasteiger partial charge in [-0.05, 0) is 42.8 Å². The maximum atomic E-state index is 12.5. The van der Waals surface area contributed by atoms with Crippen LogP contribution in [0.5, 0.6) is 0 Å². The Morgan fingerprint density at radius 1 is 0.962 bits per heavy atom. The number of amides is 2. The van der Waals surface area contributed by atoms with Crippen LogP contribution in [-0.4, -0.2) is 38.6 Å². The molecule has 138 valence electrons. The highest BCUT2D eigenvalue weighted by Gasteiger charge is 2.21. The third-order valence-electron chi connectivity index (χ3n) is 3.65. The fourth-order valence-corrected chi connectivity index (χ4v) is 3.44. The van der Waals surface area contributed by atoms with Gasteiger partial charge < -0.3 is 10.6 Å². The molecule has 0 saturated carbocycles. The Hall–Kier alpha value is -2.71. The average molecular weight is 375 g/mol. The van der Waals surface area contributed by atoms with E-state index >= 15 is 0 Å². The maximum Gasteiger partial charge on any atom is 0.255 e. The molecule has 26 heavy (non-hydrogen) atoms. The van der Waals surface area contributed by atoms with Crippen molar-refractivity contribution in [3.05, 3.63) is 53.6 Å². The third kappa shape index (κ3) is 4.47. The monoisotopic (exact) mass is 375 g/mol. The van der Waals surface area contributed by atoms with Crippen molar-refractivity contribution in [1.82, 2.24) is 4.31 Å². The first-order valence-corrected chi connectivity index (χ1v) is 9.27. The van der Waals surface area contributed by atoms with Crippen molar-refractivity contribution in [2.45, 2.75) is 18.7 Å². The number of hydrogen-bond donors (Lipinski definition) is 2. The van der Waals surface area contributed by atoms with Crippen LogP contribution in [0.15, 0.2) is 47.4 Å². The molecule has 0 aromatic heterocycles. The van der Waals surface area contributed by atoms with Gasteiger partial charge in [0.15, 0.2) is 0 Å². The van der Waals surface area contributed by atoms with Gasteiger partial charge in [0.05, 0.1) is 4.90 Å². The van der Waals surface area contributed by atoms with Gasteiger partial charge in [-0.25, -0.2) is 12.7 Å². The molecular formula is C18H21N3O4S. The molecule has 0 aliphatic carbocycles. The topological polar surface area (TPSA) is 95.6 Å². The molecule has 2 aromatic rings. The standard InChI is InChI=1S/C18H21N3O4S/c1-12-8-9-14(10-17(12)26(24,25)21(3)4)18(23)20-16-7-5-6-15(11-16)19-13(2)22/h5-11H,1-4H3,(H,19,22)(H,20,23). The third-order valence-corrected chi connectivity index (χ3v) is 5.61. The molecule has 0 radical (unpaired) electrons. The summed E-state index contributed by atoms with van der Waals surface area (Å²) in [5.74, 6) is -0.661. The minimum Gasteiger partial charge on any atom is -0.326 e. The molecule has 0 fully saturated rings. The zero-order chi connectivity index (χ0) is 19.5. The maximum absolute atomic E-state index is 12.5. The van der Waals surface area contributed by atoms with E-state index in [4.69, 9.17) is 0 Å². The second kappa shape index (κ2) is 7.67. The second-order valence-electron chi connectivity index (χ2n) is 5.98. The Balaban J connectivity index is 2.30.